The minimum atomic E-state index is -0.644. The molecule has 0 aliphatic heterocycles. The maximum atomic E-state index is 13.4. The summed E-state index contributed by atoms with van der Waals surface area (Å²) in [6.45, 7) is 2.29. The Hall–Kier alpha value is -2.47. The summed E-state index contributed by atoms with van der Waals surface area (Å²) in [4.78, 5) is 12.5. The minimum absolute atomic E-state index is 0.0263. The average molecular weight is 318 g/mol. The van der Waals surface area contributed by atoms with Crippen LogP contribution in [0.2, 0.25) is 0 Å². The van der Waals surface area contributed by atoms with Crippen molar-refractivity contribution < 1.29 is 14.4 Å². The normalized spacial score (nSPS) is 12.0. The second-order valence-corrected chi connectivity index (χ2v) is 5.36. The summed E-state index contributed by atoms with van der Waals surface area (Å²) in [6, 6.07) is 13.0. The number of nitrogens with zero attached hydrogens (tertiary/aromatic N) is 2. The smallest absolute Gasteiger partial charge is 0.295 e. The number of anilines is 1. The molecule has 0 aliphatic carbocycles. The Kier molecular flexibility index (Phi) is 5.65. The Labute approximate surface area is 134 Å². The molecule has 2 rings (SSSR count). The van der Waals surface area contributed by atoms with Crippen molar-refractivity contribution in [1.82, 2.24) is 0 Å². The molecule has 1 N–H and O–H groups in total. The zero-order chi connectivity index (χ0) is 16.8. The van der Waals surface area contributed by atoms with Gasteiger partial charge in [-0.1, -0.05) is 30.3 Å². The molecule has 0 spiro atoms. The molecule has 5 nitrogen and oxygen atoms in total. The number of aliphatic hydroxyl groups is 1. The number of halogens is 1. The molecule has 0 aliphatic rings. The predicted molar refractivity (Wildman–Crippen MR) is 86.8 cm³/mol. The third kappa shape index (κ3) is 4.26. The van der Waals surface area contributed by atoms with Gasteiger partial charge in [0.1, 0.15) is 11.5 Å². The van der Waals surface area contributed by atoms with Gasteiger partial charge in [0.15, 0.2) is 0 Å². The van der Waals surface area contributed by atoms with E-state index < -0.39 is 10.7 Å². The number of nitro benzene ring substituents is 1. The first-order chi connectivity index (χ1) is 11.0. The largest absolute Gasteiger partial charge is 0.396 e. The van der Waals surface area contributed by atoms with Crippen molar-refractivity contribution >= 4 is 11.4 Å². The lowest BCUT2D eigenvalue weighted by Crippen LogP contribution is -2.33. The van der Waals surface area contributed by atoms with Gasteiger partial charge in [0.25, 0.3) is 5.69 Å². The van der Waals surface area contributed by atoms with E-state index in [9.17, 15) is 19.6 Å². The van der Waals surface area contributed by atoms with E-state index in [-0.39, 0.29) is 18.3 Å². The molecule has 6 heteroatoms. The van der Waals surface area contributed by atoms with Gasteiger partial charge in [-0.2, -0.15) is 0 Å². The number of benzene rings is 2. The van der Waals surface area contributed by atoms with E-state index in [4.69, 9.17) is 0 Å². The first kappa shape index (κ1) is 16.9. The van der Waals surface area contributed by atoms with Crippen LogP contribution in [0.4, 0.5) is 15.8 Å². The molecule has 0 radical (unpaired) electrons. The van der Waals surface area contributed by atoms with Crippen LogP contribution >= 0.6 is 0 Å². The maximum absolute atomic E-state index is 13.4. The fraction of sp³-hybridized carbons (Fsp3) is 0.294. The molecule has 122 valence electrons. The highest BCUT2D eigenvalue weighted by Crippen LogP contribution is 2.32. The van der Waals surface area contributed by atoms with Gasteiger partial charge in [-0.05, 0) is 31.0 Å². The van der Waals surface area contributed by atoms with Gasteiger partial charge in [-0.3, -0.25) is 10.1 Å². The Morgan fingerprint density at radius 1 is 1.26 bits per heavy atom. The summed E-state index contributed by atoms with van der Waals surface area (Å²) < 4.78 is 13.4. The van der Waals surface area contributed by atoms with Crippen LogP contribution in [0.15, 0.2) is 48.5 Å². The van der Waals surface area contributed by atoms with E-state index >= 15 is 0 Å². The Bertz CT molecular complexity index is 664. The fourth-order valence-corrected chi connectivity index (χ4v) is 2.49. The molecule has 0 amide bonds. The SMILES string of the molecule is C[C@@H](CCO)N(Cc1ccccc1)c1ccc(F)cc1[N+](=O)[O-]. The van der Waals surface area contributed by atoms with Gasteiger partial charge in [0, 0.05) is 19.2 Å². The number of hydrogen-bond acceptors (Lipinski definition) is 4. The van der Waals surface area contributed by atoms with E-state index in [2.05, 4.69) is 0 Å². The van der Waals surface area contributed by atoms with Crippen LogP contribution < -0.4 is 4.90 Å². The lowest BCUT2D eigenvalue weighted by atomic mass is 10.1. The lowest BCUT2D eigenvalue weighted by Gasteiger charge is -2.31. The van der Waals surface area contributed by atoms with Gasteiger partial charge in [0.2, 0.25) is 0 Å². The van der Waals surface area contributed by atoms with Gasteiger partial charge in [-0.15, -0.1) is 0 Å². The zero-order valence-corrected chi connectivity index (χ0v) is 12.9. The molecule has 0 unspecified atom stereocenters. The Morgan fingerprint density at radius 2 is 1.96 bits per heavy atom. The van der Waals surface area contributed by atoms with Crippen molar-refractivity contribution in [1.29, 1.82) is 0 Å². The summed E-state index contributed by atoms with van der Waals surface area (Å²) in [6.07, 6.45) is 0.460. The molecule has 2 aromatic carbocycles. The molecule has 0 fully saturated rings. The van der Waals surface area contributed by atoms with Crippen LogP contribution in [0.1, 0.15) is 18.9 Å². The number of nitro groups is 1. The van der Waals surface area contributed by atoms with Crippen molar-refractivity contribution in [3.63, 3.8) is 0 Å². The topological polar surface area (TPSA) is 66.6 Å². The van der Waals surface area contributed by atoms with E-state index in [1.807, 2.05) is 42.2 Å². The standard InChI is InChI=1S/C17H19FN2O3/c1-13(9-10-21)19(12-14-5-3-2-4-6-14)16-8-7-15(18)11-17(16)20(22)23/h2-8,11,13,21H,9-10,12H2,1H3/t13-/m0/s1. The maximum Gasteiger partial charge on any atom is 0.295 e. The van der Waals surface area contributed by atoms with E-state index in [0.29, 0.717) is 18.7 Å². The van der Waals surface area contributed by atoms with Crippen LogP contribution in [0.25, 0.3) is 0 Å². The van der Waals surface area contributed by atoms with Gasteiger partial charge in [0.05, 0.1) is 11.0 Å². The summed E-state index contributed by atoms with van der Waals surface area (Å²) in [5.74, 6) is -0.644. The number of hydrogen-bond donors (Lipinski definition) is 1. The summed E-state index contributed by atoms with van der Waals surface area (Å²) >= 11 is 0. The van der Waals surface area contributed by atoms with E-state index in [1.54, 1.807) is 0 Å². The van der Waals surface area contributed by atoms with Gasteiger partial charge < -0.3 is 10.0 Å². The summed E-state index contributed by atoms with van der Waals surface area (Å²) in [7, 11) is 0. The monoisotopic (exact) mass is 318 g/mol. The van der Waals surface area contributed by atoms with Gasteiger partial charge in [-0.25, -0.2) is 4.39 Å². The van der Waals surface area contributed by atoms with E-state index in [0.717, 1.165) is 11.6 Å². The second-order valence-electron chi connectivity index (χ2n) is 5.36. The van der Waals surface area contributed by atoms with Crippen LogP contribution in [0.3, 0.4) is 0 Å². The number of rotatable bonds is 7. The first-order valence-electron chi connectivity index (χ1n) is 7.38. The molecule has 2 aromatic rings. The highest BCUT2D eigenvalue weighted by Gasteiger charge is 2.24. The van der Waals surface area contributed by atoms with Crippen LogP contribution in [0, 0.1) is 15.9 Å². The van der Waals surface area contributed by atoms with Crippen molar-refractivity contribution in [3.8, 4) is 0 Å². The van der Waals surface area contributed by atoms with E-state index in [1.165, 1.54) is 12.1 Å². The van der Waals surface area contributed by atoms with Crippen LogP contribution in [-0.2, 0) is 6.54 Å². The third-order valence-electron chi connectivity index (χ3n) is 3.72. The third-order valence-corrected chi connectivity index (χ3v) is 3.72. The zero-order valence-electron chi connectivity index (χ0n) is 12.9. The molecule has 0 saturated heterocycles. The summed E-state index contributed by atoms with van der Waals surface area (Å²) in [5, 5.41) is 20.5. The molecule has 0 aromatic heterocycles. The van der Waals surface area contributed by atoms with Crippen LogP contribution in [-0.4, -0.2) is 22.7 Å². The molecule has 1 atom stereocenters. The highest BCUT2D eigenvalue weighted by atomic mass is 19.1. The minimum Gasteiger partial charge on any atom is -0.396 e. The van der Waals surface area contributed by atoms with Crippen molar-refractivity contribution in [2.24, 2.45) is 0 Å². The molecular weight excluding hydrogens is 299 g/mol. The molecule has 0 heterocycles. The highest BCUT2D eigenvalue weighted by molar-refractivity contribution is 5.64. The van der Waals surface area contributed by atoms with Gasteiger partial charge >= 0.3 is 0 Å². The fourth-order valence-electron chi connectivity index (χ4n) is 2.49. The van der Waals surface area contributed by atoms with Crippen molar-refractivity contribution in [2.45, 2.75) is 25.9 Å². The lowest BCUT2D eigenvalue weighted by molar-refractivity contribution is -0.384. The molecule has 23 heavy (non-hydrogen) atoms. The number of aliphatic hydroxyl groups excluding tert-OH is 1. The molecule has 0 saturated carbocycles. The Balaban J connectivity index is 2.43. The van der Waals surface area contributed by atoms with Crippen molar-refractivity contribution in [2.75, 3.05) is 11.5 Å². The molecule has 0 bridgehead atoms. The van der Waals surface area contributed by atoms with Crippen LogP contribution in [0.5, 0.6) is 0 Å². The second kappa shape index (κ2) is 7.69. The Morgan fingerprint density at radius 3 is 2.57 bits per heavy atom. The average Bonchev–Trinajstić information content (AvgIpc) is 2.54. The quantitative estimate of drug-likeness (QED) is 0.626. The first-order valence-corrected chi connectivity index (χ1v) is 7.38. The molecular formula is C17H19FN2O3. The van der Waals surface area contributed by atoms with Crippen molar-refractivity contribution in [3.05, 3.63) is 70.0 Å². The predicted octanol–water partition coefficient (Wildman–Crippen LogP) is 3.51. The summed E-state index contributed by atoms with van der Waals surface area (Å²) in [5.41, 5.74) is 1.06.